The number of hydrogen-bond acceptors (Lipinski definition) is 8. The van der Waals surface area contributed by atoms with E-state index in [1.165, 1.54) is 218 Å². The number of unbranched alkanes of at least 4 members (excludes halogenated alkanes) is 37. The van der Waals surface area contributed by atoms with Crippen molar-refractivity contribution in [3.8, 4) is 0 Å². The first kappa shape index (κ1) is 62.7. The molecule has 9 heteroatoms. The highest BCUT2D eigenvalue weighted by molar-refractivity contribution is 5.76. The average molecular weight is 936 g/mol. The van der Waals surface area contributed by atoms with E-state index in [0.29, 0.717) is 6.42 Å². The molecular formula is C57H109NO8. The minimum atomic E-state index is -1.57. The lowest BCUT2D eigenvalue weighted by atomic mass is 9.99. The van der Waals surface area contributed by atoms with Crippen LogP contribution in [-0.4, -0.2) is 87.5 Å². The second-order valence-corrected chi connectivity index (χ2v) is 20.1. The van der Waals surface area contributed by atoms with Gasteiger partial charge in [-0.2, -0.15) is 0 Å². The lowest BCUT2D eigenvalue weighted by Gasteiger charge is -2.40. The largest absolute Gasteiger partial charge is 0.394 e. The lowest BCUT2D eigenvalue weighted by molar-refractivity contribution is -0.302. The molecule has 7 unspecified atom stereocenters. The maximum atomic E-state index is 13.0. The molecule has 1 amide bonds. The van der Waals surface area contributed by atoms with Gasteiger partial charge in [0.2, 0.25) is 5.91 Å². The number of carbonyl (C=O) groups excluding carboxylic acids is 1. The van der Waals surface area contributed by atoms with Crippen molar-refractivity contribution >= 4 is 5.91 Å². The van der Waals surface area contributed by atoms with Crippen LogP contribution in [0.15, 0.2) is 24.3 Å². The average Bonchev–Trinajstić information content (AvgIpc) is 3.32. The van der Waals surface area contributed by atoms with Crippen LogP contribution in [0.3, 0.4) is 0 Å². The van der Waals surface area contributed by atoms with Crippen molar-refractivity contribution in [3.05, 3.63) is 24.3 Å². The first-order valence-electron chi connectivity index (χ1n) is 28.6. The molecule has 6 N–H and O–H groups in total. The van der Waals surface area contributed by atoms with Gasteiger partial charge in [-0.15, -0.1) is 0 Å². The molecule has 1 aliphatic heterocycles. The first-order chi connectivity index (χ1) is 32.3. The number of ether oxygens (including phenoxy) is 2. The van der Waals surface area contributed by atoms with Gasteiger partial charge in [-0.1, -0.05) is 263 Å². The number of nitrogens with one attached hydrogen (secondary N) is 1. The Balaban J connectivity index is 2.23. The van der Waals surface area contributed by atoms with E-state index in [-0.39, 0.29) is 12.5 Å². The normalized spacial score (nSPS) is 19.9. The van der Waals surface area contributed by atoms with Crippen molar-refractivity contribution < 1.29 is 39.8 Å². The summed E-state index contributed by atoms with van der Waals surface area (Å²) in [5.74, 6) is -0.182. The topological polar surface area (TPSA) is 149 Å². The zero-order valence-electron chi connectivity index (χ0n) is 43.2. The van der Waals surface area contributed by atoms with Crippen molar-refractivity contribution in [3.63, 3.8) is 0 Å². The molecule has 0 aromatic rings. The maximum Gasteiger partial charge on any atom is 0.220 e. The van der Waals surface area contributed by atoms with Crippen molar-refractivity contribution in [2.24, 2.45) is 0 Å². The molecule has 0 spiro atoms. The summed E-state index contributed by atoms with van der Waals surface area (Å²) in [4.78, 5) is 13.0. The standard InChI is InChI=1S/C57H109NO8/c1-3-5-7-9-11-13-15-17-19-21-22-23-24-25-26-27-28-29-30-31-32-34-36-38-40-42-44-46-51(60)50(49-65-57-56(64)55(63)54(62)52(48-59)66-57)58-53(61)47-45-43-41-39-37-35-33-20-18-16-14-12-10-8-6-4-2/h36,38,44,46,50-52,54-57,59-60,62-64H,3-35,37,39-43,45,47-49H2,1-2H3,(H,58,61)/b38-36+,46-44+. The Morgan fingerprint density at radius 1 is 0.500 bits per heavy atom. The van der Waals surface area contributed by atoms with Crippen LogP contribution in [0.25, 0.3) is 0 Å². The molecule has 1 rings (SSSR count). The monoisotopic (exact) mass is 936 g/mol. The lowest BCUT2D eigenvalue weighted by Crippen LogP contribution is -2.60. The molecule has 0 aliphatic carbocycles. The van der Waals surface area contributed by atoms with Crippen LogP contribution in [0.4, 0.5) is 0 Å². The second-order valence-electron chi connectivity index (χ2n) is 20.1. The van der Waals surface area contributed by atoms with Crippen LogP contribution in [0.2, 0.25) is 0 Å². The summed E-state index contributed by atoms with van der Waals surface area (Å²) in [5, 5.41) is 54.4. The van der Waals surface area contributed by atoms with Crippen molar-refractivity contribution in [1.82, 2.24) is 5.32 Å². The third-order valence-electron chi connectivity index (χ3n) is 13.8. The molecule has 0 aromatic heterocycles. The molecule has 9 nitrogen and oxygen atoms in total. The summed E-state index contributed by atoms with van der Waals surface area (Å²) in [6, 6.07) is -0.818. The molecule has 66 heavy (non-hydrogen) atoms. The Labute approximate surface area is 407 Å². The number of carbonyl (C=O) groups is 1. The minimum absolute atomic E-state index is 0.182. The number of amides is 1. The van der Waals surface area contributed by atoms with E-state index in [1.807, 2.05) is 6.08 Å². The summed E-state index contributed by atoms with van der Waals surface area (Å²) < 4.78 is 11.3. The van der Waals surface area contributed by atoms with Gasteiger partial charge < -0.3 is 40.3 Å². The summed E-state index contributed by atoms with van der Waals surface area (Å²) in [5.41, 5.74) is 0. The van der Waals surface area contributed by atoms with Crippen LogP contribution in [0.1, 0.15) is 277 Å². The number of aliphatic hydroxyl groups excluding tert-OH is 5. The SMILES string of the molecule is CCCCCCCCCCCCCCCCCCCCCCC/C=C/CC/C=C/C(O)C(COC1OC(CO)C(O)C(O)C1O)NC(=O)CCCCCCCCCCCCCCCCCC. The molecular weight excluding hydrogens is 827 g/mol. The van der Waals surface area contributed by atoms with Gasteiger partial charge in [0.1, 0.15) is 24.4 Å². The van der Waals surface area contributed by atoms with E-state index in [2.05, 4.69) is 31.3 Å². The van der Waals surface area contributed by atoms with Crippen LogP contribution in [0.5, 0.6) is 0 Å². The van der Waals surface area contributed by atoms with Gasteiger partial charge in [0, 0.05) is 6.42 Å². The van der Waals surface area contributed by atoms with E-state index in [0.717, 1.165) is 38.5 Å². The van der Waals surface area contributed by atoms with Gasteiger partial charge >= 0.3 is 0 Å². The summed E-state index contributed by atoms with van der Waals surface area (Å²) >= 11 is 0. The van der Waals surface area contributed by atoms with E-state index in [4.69, 9.17) is 9.47 Å². The summed E-state index contributed by atoms with van der Waals surface area (Å²) in [6.45, 7) is 3.79. The summed E-state index contributed by atoms with van der Waals surface area (Å²) in [7, 11) is 0. The molecule has 1 heterocycles. The molecule has 1 saturated heterocycles. The van der Waals surface area contributed by atoms with Gasteiger partial charge in [0.05, 0.1) is 25.4 Å². The highest BCUT2D eigenvalue weighted by Crippen LogP contribution is 2.23. The number of aliphatic hydroxyl groups is 5. The van der Waals surface area contributed by atoms with Crippen molar-refractivity contribution in [2.45, 2.75) is 320 Å². The van der Waals surface area contributed by atoms with Crippen molar-refractivity contribution in [1.29, 1.82) is 0 Å². The zero-order valence-corrected chi connectivity index (χ0v) is 43.2. The molecule has 0 saturated carbocycles. The second kappa shape index (κ2) is 47.4. The van der Waals surface area contributed by atoms with Crippen LogP contribution in [-0.2, 0) is 14.3 Å². The fraction of sp³-hybridized carbons (Fsp3) is 0.912. The molecule has 0 radical (unpaired) electrons. The minimum Gasteiger partial charge on any atom is -0.394 e. The van der Waals surface area contributed by atoms with Gasteiger partial charge in [0.25, 0.3) is 0 Å². The first-order valence-corrected chi connectivity index (χ1v) is 28.6. The van der Waals surface area contributed by atoms with Crippen LogP contribution >= 0.6 is 0 Å². The van der Waals surface area contributed by atoms with E-state index < -0.39 is 49.5 Å². The Morgan fingerprint density at radius 3 is 1.27 bits per heavy atom. The Kier molecular flexibility index (Phi) is 45.0. The Hall–Kier alpha value is -1.33. The predicted octanol–water partition coefficient (Wildman–Crippen LogP) is 13.8. The number of rotatable bonds is 49. The van der Waals surface area contributed by atoms with Crippen molar-refractivity contribution in [2.75, 3.05) is 13.2 Å². The van der Waals surface area contributed by atoms with Gasteiger partial charge in [-0.25, -0.2) is 0 Å². The van der Waals surface area contributed by atoms with E-state index in [9.17, 15) is 30.3 Å². The third-order valence-corrected chi connectivity index (χ3v) is 13.8. The number of allylic oxidation sites excluding steroid dienone is 3. The quantitative estimate of drug-likeness (QED) is 0.0261. The molecule has 0 bridgehead atoms. The van der Waals surface area contributed by atoms with Crippen LogP contribution in [0, 0.1) is 0 Å². The highest BCUT2D eigenvalue weighted by atomic mass is 16.7. The van der Waals surface area contributed by atoms with E-state index in [1.54, 1.807) is 6.08 Å². The highest BCUT2D eigenvalue weighted by Gasteiger charge is 2.44. The van der Waals surface area contributed by atoms with Gasteiger partial charge in [-0.05, 0) is 32.1 Å². The van der Waals surface area contributed by atoms with Crippen LogP contribution < -0.4 is 5.32 Å². The summed E-state index contributed by atoms with van der Waals surface area (Å²) in [6.07, 6.45) is 52.5. The fourth-order valence-corrected chi connectivity index (χ4v) is 9.23. The van der Waals surface area contributed by atoms with E-state index >= 15 is 0 Å². The smallest absolute Gasteiger partial charge is 0.220 e. The van der Waals surface area contributed by atoms with Gasteiger partial charge in [0.15, 0.2) is 6.29 Å². The maximum absolute atomic E-state index is 13.0. The number of hydrogen-bond donors (Lipinski definition) is 6. The zero-order chi connectivity index (χ0) is 48.0. The molecule has 0 aromatic carbocycles. The molecule has 7 atom stereocenters. The molecule has 390 valence electrons. The fourth-order valence-electron chi connectivity index (χ4n) is 9.23. The Morgan fingerprint density at radius 2 is 0.864 bits per heavy atom. The van der Waals surface area contributed by atoms with Gasteiger partial charge in [-0.3, -0.25) is 4.79 Å². The third kappa shape index (κ3) is 36.6. The predicted molar refractivity (Wildman–Crippen MR) is 277 cm³/mol. The Bertz CT molecular complexity index is 1090. The molecule has 1 fully saturated rings. The molecule has 1 aliphatic rings.